The van der Waals surface area contributed by atoms with Crippen LogP contribution in [0.5, 0.6) is 11.6 Å². The molecule has 0 aliphatic rings. The van der Waals surface area contributed by atoms with Gasteiger partial charge in [-0.3, -0.25) is 0 Å². The molecule has 0 amide bonds. The number of phenolic OH excluding ortho intramolecular Hbond substituents is 1. The van der Waals surface area contributed by atoms with Gasteiger partial charge in [-0.2, -0.15) is 0 Å². The molecule has 2 heterocycles. The third-order valence-electron chi connectivity index (χ3n) is 3.92. The number of hydrogen-bond acceptors (Lipinski definition) is 4. The zero-order valence-corrected chi connectivity index (χ0v) is 13.0. The molecule has 0 bridgehead atoms. The van der Waals surface area contributed by atoms with E-state index < -0.39 is 0 Å². The zero-order chi connectivity index (χ0) is 16.5. The second-order valence-electron chi connectivity index (χ2n) is 5.42. The fourth-order valence-corrected chi connectivity index (χ4v) is 2.66. The Morgan fingerprint density at radius 2 is 1.83 bits per heavy atom. The summed E-state index contributed by atoms with van der Waals surface area (Å²) in [5.74, 6) is 1.38. The van der Waals surface area contributed by atoms with Gasteiger partial charge in [0.1, 0.15) is 11.6 Å². The van der Waals surface area contributed by atoms with E-state index in [1.807, 2.05) is 48.5 Å². The predicted octanol–water partition coefficient (Wildman–Crippen LogP) is 4.01. The Balaban J connectivity index is 1.80. The number of fused-ring (bicyclic) bond motifs is 1. The molecule has 0 unspecified atom stereocenters. The lowest BCUT2D eigenvalue weighted by Gasteiger charge is -2.07. The van der Waals surface area contributed by atoms with Gasteiger partial charge in [0.15, 0.2) is 0 Å². The number of pyridine rings is 1. The Kier molecular flexibility index (Phi) is 3.39. The Bertz CT molecular complexity index is 974. The summed E-state index contributed by atoms with van der Waals surface area (Å²) in [6, 6.07) is 16.9. The summed E-state index contributed by atoms with van der Waals surface area (Å²) in [4.78, 5) is 12.0. The Morgan fingerprint density at radius 3 is 2.58 bits per heavy atom. The lowest BCUT2D eigenvalue weighted by Crippen LogP contribution is -1.88. The van der Waals surface area contributed by atoms with Gasteiger partial charge in [-0.1, -0.05) is 18.2 Å². The number of nitrogens with one attached hydrogen (secondary N) is 1. The molecule has 4 rings (SSSR count). The number of aromatic amines is 1. The van der Waals surface area contributed by atoms with Gasteiger partial charge in [0.05, 0.1) is 23.7 Å². The van der Waals surface area contributed by atoms with Crippen LogP contribution in [-0.2, 0) is 0 Å². The fourth-order valence-electron chi connectivity index (χ4n) is 2.66. The first kappa shape index (κ1) is 14.3. The molecule has 0 saturated heterocycles. The third-order valence-corrected chi connectivity index (χ3v) is 3.92. The van der Waals surface area contributed by atoms with Crippen molar-refractivity contribution in [1.29, 1.82) is 0 Å². The quantitative estimate of drug-likeness (QED) is 0.599. The highest BCUT2D eigenvalue weighted by Crippen LogP contribution is 2.33. The number of methoxy groups -OCH3 is 1. The number of imidazole rings is 1. The number of hydrogen-bond donors (Lipinski definition) is 2. The van der Waals surface area contributed by atoms with E-state index in [2.05, 4.69) is 15.0 Å². The first-order valence-corrected chi connectivity index (χ1v) is 7.53. The van der Waals surface area contributed by atoms with Gasteiger partial charge in [0.25, 0.3) is 0 Å². The molecule has 0 fully saturated rings. The number of phenols is 1. The Labute approximate surface area is 138 Å². The van der Waals surface area contributed by atoms with Crippen molar-refractivity contribution in [3.05, 3.63) is 60.8 Å². The molecule has 0 saturated carbocycles. The first-order chi connectivity index (χ1) is 11.7. The van der Waals surface area contributed by atoms with E-state index in [0.717, 1.165) is 22.2 Å². The molecule has 2 aromatic heterocycles. The normalized spacial score (nSPS) is 10.9. The number of para-hydroxylation sites is 2. The van der Waals surface area contributed by atoms with E-state index in [-0.39, 0.29) is 5.75 Å². The molecule has 0 atom stereocenters. The van der Waals surface area contributed by atoms with E-state index in [0.29, 0.717) is 17.3 Å². The molecule has 0 aliphatic carbocycles. The molecule has 2 N–H and O–H groups in total. The van der Waals surface area contributed by atoms with E-state index in [9.17, 15) is 5.11 Å². The van der Waals surface area contributed by atoms with E-state index in [4.69, 9.17) is 4.74 Å². The van der Waals surface area contributed by atoms with Crippen molar-refractivity contribution in [2.75, 3.05) is 7.11 Å². The summed E-state index contributed by atoms with van der Waals surface area (Å²) in [5.41, 5.74) is 4.33. The maximum absolute atomic E-state index is 10.2. The van der Waals surface area contributed by atoms with E-state index in [1.165, 1.54) is 0 Å². The smallest absolute Gasteiger partial charge is 0.212 e. The zero-order valence-electron chi connectivity index (χ0n) is 13.0. The van der Waals surface area contributed by atoms with Crippen LogP contribution < -0.4 is 4.74 Å². The van der Waals surface area contributed by atoms with Gasteiger partial charge in [-0.05, 0) is 35.9 Å². The van der Waals surface area contributed by atoms with Gasteiger partial charge < -0.3 is 14.8 Å². The Hall–Kier alpha value is -3.34. The van der Waals surface area contributed by atoms with Crippen LogP contribution >= 0.6 is 0 Å². The monoisotopic (exact) mass is 317 g/mol. The van der Waals surface area contributed by atoms with E-state index >= 15 is 0 Å². The second-order valence-corrected chi connectivity index (χ2v) is 5.42. The SMILES string of the molecule is COc1ccc(-c2ccc(O)c(-c3nc4ccccc4[nH]3)c2)cn1. The number of H-pyrrole nitrogens is 1. The molecule has 5 heteroatoms. The van der Waals surface area contributed by atoms with Crippen LogP contribution in [0.1, 0.15) is 0 Å². The molecule has 0 spiro atoms. The molecular weight excluding hydrogens is 302 g/mol. The third kappa shape index (κ3) is 2.46. The van der Waals surface area contributed by atoms with Crippen LogP contribution in [0.15, 0.2) is 60.8 Å². The minimum atomic E-state index is 0.180. The van der Waals surface area contributed by atoms with Crippen LogP contribution in [0.25, 0.3) is 33.5 Å². The van der Waals surface area contributed by atoms with Gasteiger partial charge in [-0.25, -0.2) is 9.97 Å². The molecule has 24 heavy (non-hydrogen) atoms. The van der Waals surface area contributed by atoms with Crippen molar-refractivity contribution in [1.82, 2.24) is 15.0 Å². The van der Waals surface area contributed by atoms with Crippen LogP contribution in [0, 0.1) is 0 Å². The molecule has 5 nitrogen and oxygen atoms in total. The number of nitrogens with zero attached hydrogens (tertiary/aromatic N) is 2. The second kappa shape index (κ2) is 5.70. The van der Waals surface area contributed by atoms with Gasteiger partial charge >= 0.3 is 0 Å². The van der Waals surface area contributed by atoms with Crippen LogP contribution in [-0.4, -0.2) is 27.2 Å². The molecule has 118 valence electrons. The van der Waals surface area contributed by atoms with E-state index in [1.54, 1.807) is 19.4 Å². The largest absolute Gasteiger partial charge is 0.507 e. The van der Waals surface area contributed by atoms with Crippen molar-refractivity contribution in [3.8, 4) is 34.1 Å². The van der Waals surface area contributed by atoms with Crippen LogP contribution in [0.2, 0.25) is 0 Å². The number of rotatable bonds is 3. The number of ether oxygens (including phenoxy) is 1. The Morgan fingerprint density at radius 1 is 1.00 bits per heavy atom. The lowest BCUT2D eigenvalue weighted by molar-refractivity contribution is 0.398. The molecule has 4 aromatic rings. The van der Waals surface area contributed by atoms with Gasteiger partial charge in [0, 0.05) is 17.8 Å². The summed E-state index contributed by atoms with van der Waals surface area (Å²) in [7, 11) is 1.59. The van der Waals surface area contributed by atoms with Gasteiger partial charge in [-0.15, -0.1) is 0 Å². The number of aromatic nitrogens is 3. The van der Waals surface area contributed by atoms with Crippen molar-refractivity contribution in [3.63, 3.8) is 0 Å². The highest BCUT2D eigenvalue weighted by Gasteiger charge is 2.11. The van der Waals surface area contributed by atoms with Crippen molar-refractivity contribution in [2.24, 2.45) is 0 Å². The molecule has 0 radical (unpaired) electrons. The number of benzene rings is 2. The fraction of sp³-hybridized carbons (Fsp3) is 0.0526. The molecule has 2 aromatic carbocycles. The predicted molar refractivity (Wildman–Crippen MR) is 93.0 cm³/mol. The first-order valence-electron chi connectivity index (χ1n) is 7.53. The summed E-state index contributed by atoms with van der Waals surface area (Å²) in [5, 5.41) is 10.2. The molecular formula is C19H15N3O2. The van der Waals surface area contributed by atoms with Crippen molar-refractivity contribution < 1.29 is 9.84 Å². The number of aromatic hydroxyl groups is 1. The topological polar surface area (TPSA) is 71.0 Å². The summed E-state index contributed by atoms with van der Waals surface area (Å²) in [6.07, 6.45) is 1.74. The average molecular weight is 317 g/mol. The standard InChI is InChI=1S/C19H15N3O2/c1-24-18-9-7-13(11-20-18)12-6-8-17(23)14(10-12)19-21-15-4-2-3-5-16(15)22-19/h2-11,23H,1H3,(H,21,22). The maximum Gasteiger partial charge on any atom is 0.212 e. The van der Waals surface area contributed by atoms with Crippen LogP contribution in [0.4, 0.5) is 0 Å². The van der Waals surface area contributed by atoms with Crippen molar-refractivity contribution in [2.45, 2.75) is 0 Å². The summed E-state index contributed by atoms with van der Waals surface area (Å²) < 4.78 is 5.08. The molecule has 0 aliphatic heterocycles. The highest BCUT2D eigenvalue weighted by molar-refractivity contribution is 5.82. The lowest BCUT2D eigenvalue weighted by atomic mass is 10.0. The van der Waals surface area contributed by atoms with Crippen molar-refractivity contribution >= 4 is 11.0 Å². The highest BCUT2D eigenvalue weighted by atomic mass is 16.5. The van der Waals surface area contributed by atoms with Gasteiger partial charge in [0.2, 0.25) is 5.88 Å². The maximum atomic E-state index is 10.2. The summed E-state index contributed by atoms with van der Waals surface area (Å²) in [6.45, 7) is 0. The minimum absolute atomic E-state index is 0.180. The summed E-state index contributed by atoms with van der Waals surface area (Å²) >= 11 is 0. The average Bonchev–Trinajstić information content (AvgIpc) is 3.06. The van der Waals surface area contributed by atoms with Crippen LogP contribution in [0.3, 0.4) is 0 Å². The minimum Gasteiger partial charge on any atom is -0.507 e.